The van der Waals surface area contributed by atoms with Crippen LogP contribution in [0.5, 0.6) is 0 Å². The van der Waals surface area contributed by atoms with E-state index in [1.807, 2.05) is 11.8 Å². The molecule has 2 fully saturated rings. The average Bonchev–Trinajstić information content (AvgIpc) is 3.33. The molecule has 0 aromatic carbocycles. The van der Waals surface area contributed by atoms with Gasteiger partial charge in [-0.05, 0) is 19.3 Å². The number of hydrogen-bond acceptors (Lipinski definition) is 5. The van der Waals surface area contributed by atoms with Crippen molar-refractivity contribution < 1.29 is 4.39 Å². The summed E-state index contributed by atoms with van der Waals surface area (Å²) in [6.07, 6.45) is 4.57. The minimum atomic E-state index is -0.278. The molecule has 7 heteroatoms. The summed E-state index contributed by atoms with van der Waals surface area (Å²) in [6, 6.07) is 2.16. The van der Waals surface area contributed by atoms with Gasteiger partial charge in [0.2, 0.25) is 0 Å². The van der Waals surface area contributed by atoms with Gasteiger partial charge in [-0.2, -0.15) is 5.10 Å². The predicted octanol–water partition coefficient (Wildman–Crippen LogP) is 2.11. The highest BCUT2D eigenvalue weighted by molar-refractivity contribution is 5.47. The zero-order chi connectivity index (χ0) is 15.8. The van der Waals surface area contributed by atoms with Crippen molar-refractivity contribution >= 4 is 11.6 Å². The molecular formula is C16H21FN6. The first-order chi connectivity index (χ1) is 11.3. The Morgan fingerprint density at radius 1 is 1.17 bits per heavy atom. The molecule has 0 unspecified atom stereocenters. The molecule has 1 saturated heterocycles. The molecule has 1 aliphatic carbocycles. The summed E-state index contributed by atoms with van der Waals surface area (Å²) < 4.78 is 14.4. The Hall–Kier alpha value is -2.18. The van der Waals surface area contributed by atoms with E-state index in [-0.39, 0.29) is 5.82 Å². The molecular weight excluding hydrogens is 295 g/mol. The van der Waals surface area contributed by atoms with E-state index in [1.54, 1.807) is 0 Å². The van der Waals surface area contributed by atoms with E-state index in [2.05, 4.69) is 31.1 Å². The number of nitrogens with one attached hydrogen (secondary N) is 1. The van der Waals surface area contributed by atoms with E-state index in [1.165, 1.54) is 24.9 Å². The van der Waals surface area contributed by atoms with Crippen molar-refractivity contribution in [3.05, 3.63) is 29.6 Å². The Balaban J connectivity index is 1.44. The number of nitrogens with zero attached hydrogens (tertiary/aromatic N) is 5. The number of aryl methyl sites for hydroxylation is 1. The van der Waals surface area contributed by atoms with Crippen LogP contribution in [-0.4, -0.2) is 46.3 Å². The summed E-state index contributed by atoms with van der Waals surface area (Å²) in [6.45, 7) is 5.02. The van der Waals surface area contributed by atoms with Crippen LogP contribution in [0.4, 0.5) is 16.0 Å². The van der Waals surface area contributed by atoms with Crippen molar-refractivity contribution in [2.75, 3.05) is 36.0 Å². The van der Waals surface area contributed by atoms with Crippen molar-refractivity contribution in [3.63, 3.8) is 0 Å². The van der Waals surface area contributed by atoms with Crippen LogP contribution < -0.4 is 9.80 Å². The highest BCUT2D eigenvalue weighted by atomic mass is 19.1. The molecule has 23 heavy (non-hydrogen) atoms. The molecule has 0 atom stereocenters. The molecule has 0 amide bonds. The molecule has 3 heterocycles. The maximum Gasteiger partial charge on any atom is 0.187 e. The third-order valence-electron chi connectivity index (χ3n) is 4.68. The molecule has 0 radical (unpaired) electrons. The Bertz CT molecular complexity index is 688. The van der Waals surface area contributed by atoms with E-state index >= 15 is 0 Å². The third kappa shape index (κ3) is 2.75. The second-order valence-corrected chi connectivity index (χ2v) is 6.24. The normalized spacial score (nSPS) is 18.5. The minimum absolute atomic E-state index is 0.278. The number of aromatic nitrogens is 4. The van der Waals surface area contributed by atoms with Crippen molar-refractivity contribution in [3.8, 4) is 0 Å². The number of piperazine rings is 1. The van der Waals surface area contributed by atoms with Crippen LogP contribution in [0.15, 0.2) is 12.4 Å². The van der Waals surface area contributed by atoms with Gasteiger partial charge in [0.15, 0.2) is 17.5 Å². The van der Waals surface area contributed by atoms with Crippen molar-refractivity contribution in [2.45, 2.75) is 32.1 Å². The molecule has 2 aliphatic rings. The van der Waals surface area contributed by atoms with Gasteiger partial charge in [-0.15, -0.1) is 0 Å². The van der Waals surface area contributed by atoms with Gasteiger partial charge in [-0.25, -0.2) is 14.4 Å². The lowest BCUT2D eigenvalue weighted by Gasteiger charge is -2.35. The van der Waals surface area contributed by atoms with E-state index in [9.17, 15) is 4.39 Å². The monoisotopic (exact) mass is 316 g/mol. The van der Waals surface area contributed by atoms with Gasteiger partial charge in [0.05, 0.1) is 5.69 Å². The summed E-state index contributed by atoms with van der Waals surface area (Å²) in [4.78, 5) is 12.4. The highest BCUT2D eigenvalue weighted by Crippen LogP contribution is 2.39. The molecule has 2 aromatic rings. The van der Waals surface area contributed by atoms with Crippen molar-refractivity contribution in [1.29, 1.82) is 0 Å². The number of halogens is 1. The fourth-order valence-corrected chi connectivity index (χ4v) is 3.10. The first-order valence-electron chi connectivity index (χ1n) is 8.31. The standard InChI is InChI=1S/C16H21FN6/c1-2-12-15(17)16(19-10-18-12)23-7-5-22(6-8-23)14-9-13(20-21-14)11-3-4-11/h9-11H,2-8H2,1H3,(H,20,21). The lowest BCUT2D eigenvalue weighted by molar-refractivity contribution is 0.568. The molecule has 0 bridgehead atoms. The molecule has 1 aliphatic heterocycles. The molecule has 2 aromatic heterocycles. The zero-order valence-electron chi connectivity index (χ0n) is 13.3. The molecule has 4 rings (SSSR count). The maximum absolute atomic E-state index is 14.4. The molecule has 0 spiro atoms. The average molecular weight is 316 g/mol. The first kappa shape index (κ1) is 14.4. The number of anilines is 2. The lowest BCUT2D eigenvalue weighted by atomic mass is 10.2. The van der Waals surface area contributed by atoms with Gasteiger partial charge < -0.3 is 9.80 Å². The van der Waals surface area contributed by atoms with Gasteiger partial charge in [-0.1, -0.05) is 6.92 Å². The molecule has 1 saturated carbocycles. The summed E-state index contributed by atoms with van der Waals surface area (Å²) in [5.74, 6) is 1.83. The molecule has 1 N–H and O–H groups in total. The Morgan fingerprint density at radius 2 is 1.91 bits per heavy atom. The number of H-pyrrole nitrogens is 1. The molecule has 6 nitrogen and oxygen atoms in total. The summed E-state index contributed by atoms with van der Waals surface area (Å²) >= 11 is 0. The van der Waals surface area contributed by atoms with Crippen LogP contribution in [0.25, 0.3) is 0 Å². The number of aromatic amines is 1. The maximum atomic E-state index is 14.4. The smallest absolute Gasteiger partial charge is 0.187 e. The largest absolute Gasteiger partial charge is 0.352 e. The van der Waals surface area contributed by atoms with E-state index in [4.69, 9.17) is 0 Å². The van der Waals surface area contributed by atoms with Gasteiger partial charge in [0.25, 0.3) is 0 Å². The first-order valence-corrected chi connectivity index (χ1v) is 8.31. The van der Waals surface area contributed by atoms with Gasteiger partial charge in [-0.3, -0.25) is 5.10 Å². The summed E-state index contributed by atoms with van der Waals surface area (Å²) in [7, 11) is 0. The quantitative estimate of drug-likeness (QED) is 0.936. The number of hydrogen-bond donors (Lipinski definition) is 1. The summed E-state index contributed by atoms with van der Waals surface area (Å²) in [5, 5.41) is 7.57. The van der Waals surface area contributed by atoms with E-state index < -0.39 is 0 Å². The number of rotatable bonds is 4. The zero-order valence-corrected chi connectivity index (χ0v) is 13.3. The third-order valence-corrected chi connectivity index (χ3v) is 4.68. The van der Waals surface area contributed by atoms with Crippen molar-refractivity contribution in [2.24, 2.45) is 0 Å². The summed E-state index contributed by atoms with van der Waals surface area (Å²) in [5.41, 5.74) is 1.73. The lowest BCUT2D eigenvalue weighted by Crippen LogP contribution is -2.47. The van der Waals surface area contributed by atoms with Crippen LogP contribution >= 0.6 is 0 Å². The van der Waals surface area contributed by atoms with Gasteiger partial charge >= 0.3 is 0 Å². The SMILES string of the molecule is CCc1ncnc(N2CCN(c3cc(C4CC4)[nH]n3)CC2)c1F. The van der Waals surface area contributed by atoms with E-state index in [0.717, 1.165) is 32.0 Å². The Morgan fingerprint density at radius 3 is 2.61 bits per heavy atom. The fourth-order valence-electron chi connectivity index (χ4n) is 3.10. The van der Waals surface area contributed by atoms with Gasteiger partial charge in [0, 0.05) is 43.9 Å². The van der Waals surface area contributed by atoms with Crippen LogP contribution in [0.2, 0.25) is 0 Å². The van der Waals surface area contributed by atoms with Gasteiger partial charge in [0.1, 0.15) is 6.33 Å². The second-order valence-electron chi connectivity index (χ2n) is 6.24. The van der Waals surface area contributed by atoms with Crippen molar-refractivity contribution in [1.82, 2.24) is 20.2 Å². The minimum Gasteiger partial charge on any atom is -0.352 e. The van der Waals surface area contributed by atoms with Crippen LogP contribution in [0.1, 0.15) is 37.1 Å². The Labute approximate surface area is 134 Å². The Kier molecular flexibility index (Phi) is 3.63. The fraction of sp³-hybridized carbons (Fsp3) is 0.562. The topological polar surface area (TPSA) is 60.9 Å². The second kappa shape index (κ2) is 5.79. The van der Waals surface area contributed by atoms with Crippen LogP contribution in [-0.2, 0) is 6.42 Å². The van der Waals surface area contributed by atoms with Crippen LogP contribution in [0, 0.1) is 5.82 Å². The van der Waals surface area contributed by atoms with E-state index in [0.29, 0.717) is 23.9 Å². The predicted molar refractivity (Wildman–Crippen MR) is 86.4 cm³/mol. The highest BCUT2D eigenvalue weighted by Gasteiger charge is 2.28. The molecule has 122 valence electrons. The van der Waals surface area contributed by atoms with Crippen LogP contribution in [0.3, 0.4) is 0 Å².